The SMILES string of the molecule is O=C(OCc1cnn(-c2ccccc2)c1)c1ccc(O)cc1O. The fraction of sp³-hybridized carbons (Fsp3) is 0.0588. The van der Waals surface area contributed by atoms with Crippen LogP contribution in [0, 0.1) is 0 Å². The first kappa shape index (κ1) is 14.6. The zero-order valence-electron chi connectivity index (χ0n) is 12.1. The fourth-order valence-corrected chi connectivity index (χ4v) is 2.08. The molecule has 2 aromatic carbocycles. The van der Waals surface area contributed by atoms with Crippen molar-refractivity contribution in [1.29, 1.82) is 0 Å². The molecule has 0 bridgehead atoms. The lowest BCUT2D eigenvalue weighted by Gasteiger charge is -2.05. The quantitative estimate of drug-likeness (QED) is 0.724. The van der Waals surface area contributed by atoms with Gasteiger partial charge in [-0.15, -0.1) is 0 Å². The standard InChI is InChI=1S/C17H14N2O4/c20-14-6-7-15(16(21)8-14)17(22)23-11-12-9-18-19(10-12)13-4-2-1-3-5-13/h1-10,20-21H,11H2. The Kier molecular flexibility index (Phi) is 3.97. The van der Waals surface area contributed by atoms with Crippen LogP contribution in [0.4, 0.5) is 0 Å². The zero-order chi connectivity index (χ0) is 16.2. The van der Waals surface area contributed by atoms with Gasteiger partial charge < -0.3 is 14.9 Å². The van der Waals surface area contributed by atoms with Crippen LogP contribution in [0.5, 0.6) is 11.5 Å². The lowest BCUT2D eigenvalue weighted by molar-refractivity contribution is 0.0469. The molecule has 0 radical (unpaired) electrons. The number of aromatic hydroxyl groups is 2. The molecule has 0 spiro atoms. The number of nitrogens with zero attached hydrogens (tertiary/aromatic N) is 2. The number of phenolic OH excluding ortho intramolecular Hbond substituents is 2. The average molecular weight is 310 g/mol. The monoisotopic (exact) mass is 310 g/mol. The molecular weight excluding hydrogens is 296 g/mol. The van der Waals surface area contributed by atoms with Crippen LogP contribution in [-0.2, 0) is 11.3 Å². The van der Waals surface area contributed by atoms with Gasteiger partial charge in [-0.3, -0.25) is 0 Å². The molecule has 0 aliphatic heterocycles. The molecule has 0 amide bonds. The number of para-hydroxylation sites is 1. The topological polar surface area (TPSA) is 84.6 Å². The third kappa shape index (κ3) is 3.32. The van der Waals surface area contributed by atoms with E-state index < -0.39 is 5.97 Å². The van der Waals surface area contributed by atoms with Crippen LogP contribution in [0.25, 0.3) is 5.69 Å². The summed E-state index contributed by atoms with van der Waals surface area (Å²) >= 11 is 0. The maximum Gasteiger partial charge on any atom is 0.342 e. The van der Waals surface area contributed by atoms with Gasteiger partial charge in [0.15, 0.2) is 0 Å². The van der Waals surface area contributed by atoms with E-state index in [1.54, 1.807) is 17.1 Å². The molecule has 6 heteroatoms. The Morgan fingerprint density at radius 1 is 1.13 bits per heavy atom. The molecule has 3 rings (SSSR count). The number of phenols is 2. The Bertz CT molecular complexity index is 828. The zero-order valence-corrected chi connectivity index (χ0v) is 12.1. The molecule has 6 nitrogen and oxygen atoms in total. The second-order valence-corrected chi connectivity index (χ2v) is 4.91. The van der Waals surface area contributed by atoms with Crippen molar-refractivity contribution in [1.82, 2.24) is 9.78 Å². The van der Waals surface area contributed by atoms with Gasteiger partial charge in [-0.1, -0.05) is 18.2 Å². The van der Waals surface area contributed by atoms with Crippen molar-refractivity contribution in [2.45, 2.75) is 6.61 Å². The van der Waals surface area contributed by atoms with Crippen LogP contribution in [-0.4, -0.2) is 26.0 Å². The molecule has 1 heterocycles. The first-order chi connectivity index (χ1) is 11.1. The highest BCUT2D eigenvalue weighted by Gasteiger charge is 2.13. The van der Waals surface area contributed by atoms with Crippen molar-refractivity contribution < 1.29 is 19.7 Å². The molecule has 0 atom stereocenters. The average Bonchev–Trinajstić information content (AvgIpc) is 3.02. The van der Waals surface area contributed by atoms with E-state index in [0.29, 0.717) is 0 Å². The number of hydrogen-bond donors (Lipinski definition) is 2. The number of rotatable bonds is 4. The van der Waals surface area contributed by atoms with E-state index >= 15 is 0 Å². The molecule has 0 saturated heterocycles. The molecule has 0 unspecified atom stereocenters. The molecule has 116 valence electrons. The summed E-state index contributed by atoms with van der Waals surface area (Å²) in [4.78, 5) is 11.9. The van der Waals surface area contributed by atoms with E-state index in [9.17, 15) is 15.0 Å². The second-order valence-electron chi connectivity index (χ2n) is 4.91. The number of esters is 1. The van der Waals surface area contributed by atoms with Crippen LogP contribution >= 0.6 is 0 Å². The van der Waals surface area contributed by atoms with Crippen LogP contribution in [0.1, 0.15) is 15.9 Å². The molecule has 2 N–H and O–H groups in total. The fourth-order valence-electron chi connectivity index (χ4n) is 2.08. The van der Waals surface area contributed by atoms with Crippen LogP contribution < -0.4 is 0 Å². The summed E-state index contributed by atoms with van der Waals surface area (Å²) in [6, 6.07) is 13.3. The number of benzene rings is 2. The Morgan fingerprint density at radius 3 is 2.65 bits per heavy atom. The highest BCUT2D eigenvalue weighted by molar-refractivity contribution is 5.92. The number of hydrogen-bond acceptors (Lipinski definition) is 5. The van der Waals surface area contributed by atoms with E-state index in [1.165, 1.54) is 12.1 Å². The summed E-state index contributed by atoms with van der Waals surface area (Å²) in [6.07, 6.45) is 3.37. The van der Waals surface area contributed by atoms with Gasteiger partial charge in [-0.2, -0.15) is 5.10 Å². The molecule has 0 aliphatic rings. The molecule has 0 fully saturated rings. The molecule has 23 heavy (non-hydrogen) atoms. The van der Waals surface area contributed by atoms with Gasteiger partial charge in [-0.05, 0) is 24.3 Å². The van der Waals surface area contributed by atoms with Gasteiger partial charge in [0.2, 0.25) is 0 Å². The largest absolute Gasteiger partial charge is 0.508 e. The van der Waals surface area contributed by atoms with Gasteiger partial charge in [0, 0.05) is 17.8 Å². The number of carbonyl (C=O) groups is 1. The Labute approximate surface area is 132 Å². The first-order valence-corrected chi connectivity index (χ1v) is 6.91. The van der Waals surface area contributed by atoms with Crippen molar-refractivity contribution in [3.63, 3.8) is 0 Å². The second kappa shape index (κ2) is 6.23. The van der Waals surface area contributed by atoms with Crippen molar-refractivity contribution in [3.8, 4) is 17.2 Å². The highest BCUT2D eigenvalue weighted by atomic mass is 16.5. The molecule has 0 aliphatic carbocycles. The Hall–Kier alpha value is -3.28. The summed E-state index contributed by atoms with van der Waals surface area (Å²) in [5, 5.41) is 23.1. The van der Waals surface area contributed by atoms with Gasteiger partial charge in [-0.25, -0.2) is 9.48 Å². The summed E-state index contributed by atoms with van der Waals surface area (Å²) in [5.74, 6) is -1.12. The van der Waals surface area contributed by atoms with E-state index in [0.717, 1.165) is 17.3 Å². The van der Waals surface area contributed by atoms with Gasteiger partial charge in [0.25, 0.3) is 0 Å². The van der Waals surface area contributed by atoms with Crippen molar-refractivity contribution in [2.24, 2.45) is 0 Å². The lowest BCUT2D eigenvalue weighted by Crippen LogP contribution is -2.05. The van der Waals surface area contributed by atoms with Gasteiger partial charge in [0.1, 0.15) is 23.7 Å². The van der Waals surface area contributed by atoms with Crippen LogP contribution in [0.15, 0.2) is 60.9 Å². The third-order valence-electron chi connectivity index (χ3n) is 3.23. The lowest BCUT2D eigenvalue weighted by atomic mass is 10.2. The number of ether oxygens (including phenoxy) is 1. The minimum absolute atomic E-state index is 0.00162. The smallest absolute Gasteiger partial charge is 0.342 e. The van der Waals surface area contributed by atoms with E-state index in [1.807, 2.05) is 30.3 Å². The molecule has 0 saturated carbocycles. The third-order valence-corrected chi connectivity index (χ3v) is 3.23. The Balaban J connectivity index is 1.67. The maximum absolute atomic E-state index is 11.9. The van der Waals surface area contributed by atoms with Crippen LogP contribution in [0.2, 0.25) is 0 Å². The normalized spacial score (nSPS) is 10.4. The summed E-state index contributed by atoms with van der Waals surface area (Å²) in [7, 11) is 0. The van der Waals surface area contributed by atoms with Gasteiger partial charge >= 0.3 is 5.97 Å². The van der Waals surface area contributed by atoms with E-state index in [-0.39, 0.29) is 23.7 Å². The van der Waals surface area contributed by atoms with E-state index in [2.05, 4.69) is 5.10 Å². The predicted molar refractivity (Wildman–Crippen MR) is 82.5 cm³/mol. The van der Waals surface area contributed by atoms with Crippen molar-refractivity contribution >= 4 is 5.97 Å². The molecule has 1 aromatic heterocycles. The molecule has 3 aromatic rings. The summed E-state index contributed by atoms with van der Waals surface area (Å²) in [5.41, 5.74) is 1.62. The van der Waals surface area contributed by atoms with E-state index in [4.69, 9.17) is 4.74 Å². The molecular formula is C17H14N2O4. The summed E-state index contributed by atoms with van der Waals surface area (Å²) in [6.45, 7) is 0.0337. The van der Waals surface area contributed by atoms with Crippen molar-refractivity contribution in [2.75, 3.05) is 0 Å². The number of aromatic nitrogens is 2. The number of carbonyl (C=O) groups excluding carboxylic acids is 1. The summed E-state index contributed by atoms with van der Waals surface area (Å²) < 4.78 is 6.83. The van der Waals surface area contributed by atoms with Gasteiger partial charge in [0.05, 0.1) is 11.9 Å². The maximum atomic E-state index is 11.9. The van der Waals surface area contributed by atoms with Crippen molar-refractivity contribution in [3.05, 3.63) is 72.1 Å². The Morgan fingerprint density at radius 2 is 1.91 bits per heavy atom. The minimum Gasteiger partial charge on any atom is -0.508 e. The first-order valence-electron chi connectivity index (χ1n) is 6.91. The predicted octanol–water partition coefficient (Wildman–Crippen LogP) is 2.64. The van der Waals surface area contributed by atoms with Crippen LogP contribution in [0.3, 0.4) is 0 Å². The minimum atomic E-state index is -0.671. The highest BCUT2D eigenvalue weighted by Crippen LogP contribution is 2.23.